The minimum atomic E-state index is -0.178. The highest BCUT2D eigenvalue weighted by Crippen LogP contribution is 2.14. The Hall–Kier alpha value is -0.790. The molecule has 0 spiro atoms. The van der Waals surface area contributed by atoms with Crippen molar-refractivity contribution in [2.24, 2.45) is 0 Å². The zero-order valence-corrected chi connectivity index (χ0v) is 7.58. The van der Waals surface area contributed by atoms with E-state index in [1.807, 2.05) is 6.08 Å². The zero-order chi connectivity index (χ0) is 8.81. The van der Waals surface area contributed by atoms with Crippen molar-refractivity contribution in [3.63, 3.8) is 0 Å². The first-order valence-corrected chi connectivity index (χ1v) is 4.70. The highest BCUT2D eigenvalue weighted by atomic mass is 16.5. The van der Waals surface area contributed by atoms with E-state index < -0.39 is 0 Å². The van der Waals surface area contributed by atoms with Crippen LogP contribution in [-0.4, -0.2) is 12.1 Å². The third kappa shape index (κ3) is 3.07. The lowest BCUT2D eigenvalue weighted by molar-refractivity contribution is -0.144. The van der Waals surface area contributed by atoms with Gasteiger partial charge in [0, 0.05) is 12.5 Å². The van der Waals surface area contributed by atoms with Crippen LogP contribution in [0.15, 0.2) is 12.2 Å². The van der Waals surface area contributed by atoms with Gasteiger partial charge in [-0.3, -0.25) is 0 Å². The second-order valence-electron chi connectivity index (χ2n) is 3.19. The second kappa shape index (κ2) is 4.96. The summed E-state index contributed by atoms with van der Waals surface area (Å²) in [4.78, 5) is 10.8. The van der Waals surface area contributed by atoms with Crippen LogP contribution in [0, 0.1) is 0 Å². The molecule has 0 amide bonds. The molecule has 1 rings (SSSR count). The standard InChI is InChI=1S/C10H16O2/c1-2-3-4-6-9-7-5-8-10(11)12-9/h5,8-9H,2-4,6-7H2,1H3. The van der Waals surface area contributed by atoms with E-state index in [1.165, 1.54) is 25.3 Å². The predicted molar refractivity (Wildman–Crippen MR) is 47.8 cm³/mol. The van der Waals surface area contributed by atoms with E-state index in [-0.39, 0.29) is 12.1 Å². The van der Waals surface area contributed by atoms with Crippen LogP contribution in [0.25, 0.3) is 0 Å². The van der Waals surface area contributed by atoms with Crippen molar-refractivity contribution in [3.8, 4) is 0 Å². The lowest BCUT2D eigenvalue weighted by Crippen LogP contribution is -2.19. The normalized spacial score (nSPS) is 22.4. The molecule has 2 nitrogen and oxygen atoms in total. The topological polar surface area (TPSA) is 26.3 Å². The number of carbonyl (C=O) groups is 1. The molecule has 1 atom stereocenters. The Bertz CT molecular complexity index is 173. The molecule has 1 aliphatic heterocycles. The van der Waals surface area contributed by atoms with Crippen molar-refractivity contribution < 1.29 is 9.53 Å². The van der Waals surface area contributed by atoms with E-state index in [0.717, 1.165) is 12.8 Å². The smallest absolute Gasteiger partial charge is 0.330 e. The van der Waals surface area contributed by atoms with Gasteiger partial charge in [-0.25, -0.2) is 4.79 Å². The Morgan fingerprint density at radius 2 is 2.42 bits per heavy atom. The van der Waals surface area contributed by atoms with Gasteiger partial charge in [0.05, 0.1) is 0 Å². The third-order valence-electron chi connectivity index (χ3n) is 2.07. The molecule has 0 aromatic heterocycles. The van der Waals surface area contributed by atoms with E-state index in [0.29, 0.717) is 0 Å². The van der Waals surface area contributed by atoms with Crippen LogP contribution in [0.1, 0.15) is 39.0 Å². The SMILES string of the molecule is CCCCCC1CC=CC(=O)O1. The van der Waals surface area contributed by atoms with E-state index in [4.69, 9.17) is 4.74 Å². The van der Waals surface area contributed by atoms with Crippen LogP contribution in [0.5, 0.6) is 0 Å². The van der Waals surface area contributed by atoms with Crippen LogP contribution in [0.4, 0.5) is 0 Å². The number of ether oxygens (including phenoxy) is 1. The van der Waals surface area contributed by atoms with Crippen molar-refractivity contribution in [2.75, 3.05) is 0 Å². The second-order valence-corrected chi connectivity index (χ2v) is 3.19. The van der Waals surface area contributed by atoms with Gasteiger partial charge in [-0.2, -0.15) is 0 Å². The Morgan fingerprint density at radius 1 is 1.58 bits per heavy atom. The summed E-state index contributed by atoms with van der Waals surface area (Å²) in [6.45, 7) is 2.17. The number of hydrogen-bond acceptors (Lipinski definition) is 2. The van der Waals surface area contributed by atoms with Gasteiger partial charge in [0.2, 0.25) is 0 Å². The number of cyclic esters (lactones) is 1. The summed E-state index contributed by atoms with van der Waals surface area (Å²) in [7, 11) is 0. The van der Waals surface area contributed by atoms with Crippen LogP contribution in [0.3, 0.4) is 0 Å². The van der Waals surface area contributed by atoms with E-state index in [9.17, 15) is 4.79 Å². The average Bonchev–Trinajstić information content (AvgIpc) is 2.05. The molecule has 0 saturated carbocycles. The van der Waals surface area contributed by atoms with Crippen molar-refractivity contribution in [2.45, 2.75) is 45.1 Å². The summed E-state index contributed by atoms with van der Waals surface area (Å²) in [5.74, 6) is -0.178. The van der Waals surface area contributed by atoms with Gasteiger partial charge in [-0.1, -0.05) is 25.8 Å². The van der Waals surface area contributed by atoms with Gasteiger partial charge in [0.25, 0.3) is 0 Å². The van der Waals surface area contributed by atoms with Crippen molar-refractivity contribution >= 4 is 5.97 Å². The largest absolute Gasteiger partial charge is 0.459 e. The molecule has 0 aromatic rings. The van der Waals surface area contributed by atoms with Gasteiger partial charge in [0.1, 0.15) is 6.10 Å². The number of rotatable bonds is 4. The summed E-state index contributed by atoms with van der Waals surface area (Å²) >= 11 is 0. The van der Waals surface area contributed by atoms with Crippen molar-refractivity contribution in [3.05, 3.63) is 12.2 Å². The molecule has 0 aromatic carbocycles. The maximum Gasteiger partial charge on any atom is 0.330 e. The molecule has 0 N–H and O–H groups in total. The molecule has 0 fully saturated rings. The molecular formula is C10H16O2. The lowest BCUT2D eigenvalue weighted by atomic mass is 10.1. The highest BCUT2D eigenvalue weighted by Gasteiger charge is 2.14. The van der Waals surface area contributed by atoms with Gasteiger partial charge in [-0.15, -0.1) is 0 Å². The fourth-order valence-electron chi connectivity index (χ4n) is 1.37. The van der Waals surface area contributed by atoms with Gasteiger partial charge in [0.15, 0.2) is 0 Å². The fraction of sp³-hybridized carbons (Fsp3) is 0.700. The summed E-state index contributed by atoms with van der Waals surface area (Å²) in [6, 6.07) is 0. The number of esters is 1. The first-order valence-electron chi connectivity index (χ1n) is 4.70. The molecule has 1 aliphatic rings. The Kier molecular flexibility index (Phi) is 3.85. The highest BCUT2D eigenvalue weighted by molar-refractivity contribution is 5.82. The maximum absolute atomic E-state index is 10.8. The summed E-state index contributed by atoms with van der Waals surface area (Å²) in [6.07, 6.45) is 9.10. The molecule has 0 saturated heterocycles. The zero-order valence-electron chi connectivity index (χ0n) is 7.58. The van der Waals surface area contributed by atoms with Gasteiger partial charge in [-0.05, 0) is 12.8 Å². The minimum absolute atomic E-state index is 0.147. The molecule has 0 radical (unpaired) electrons. The maximum atomic E-state index is 10.8. The number of carbonyl (C=O) groups excluding carboxylic acids is 1. The third-order valence-corrected chi connectivity index (χ3v) is 2.07. The van der Waals surface area contributed by atoms with Crippen LogP contribution in [-0.2, 0) is 9.53 Å². The Balaban J connectivity index is 2.16. The van der Waals surface area contributed by atoms with Crippen LogP contribution >= 0.6 is 0 Å². The first kappa shape index (κ1) is 9.30. The molecule has 1 heterocycles. The van der Waals surface area contributed by atoms with Gasteiger partial charge < -0.3 is 4.74 Å². The number of unbranched alkanes of at least 4 members (excludes halogenated alkanes) is 2. The molecule has 0 aliphatic carbocycles. The Morgan fingerprint density at radius 3 is 3.08 bits per heavy atom. The minimum Gasteiger partial charge on any atom is -0.459 e. The summed E-state index contributed by atoms with van der Waals surface area (Å²) in [5, 5.41) is 0. The first-order chi connectivity index (χ1) is 5.83. The monoisotopic (exact) mass is 168 g/mol. The summed E-state index contributed by atoms with van der Waals surface area (Å²) < 4.78 is 5.11. The molecule has 68 valence electrons. The molecule has 1 unspecified atom stereocenters. The van der Waals surface area contributed by atoms with E-state index in [1.54, 1.807) is 0 Å². The molecular weight excluding hydrogens is 152 g/mol. The van der Waals surface area contributed by atoms with Crippen LogP contribution in [0.2, 0.25) is 0 Å². The Labute approximate surface area is 73.6 Å². The lowest BCUT2D eigenvalue weighted by Gasteiger charge is -2.17. The van der Waals surface area contributed by atoms with Crippen molar-refractivity contribution in [1.29, 1.82) is 0 Å². The predicted octanol–water partition coefficient (Wildman–Crippen LogP) is 2.44. The fourth-order valence-corrected chi connectivity index (χ4v) is 1.37. The van der Waals surface area contributed by atoms with E-state index >= 15 is 0 Å². The molecule has 0 bridgehead atoms. The molecule has 2 heteroatoms. The number of hydrogen-bond donors (Lipinski definition) is 0. The van der Waals surface area contributed by atoms with Crippen LogP contribution < -0.4 is 0 Å². The average molecular weight is 168 g/mol. The van der Waals surface area contributed by atoms with Gasteiger partial charge >= 0.3 is 5.97 Å². The van der Waals surface area contributed by atoms with Crippen molar-refractivity contribution in [1.82, 2.24) is 0 Å². The summed E-state index contributed by atoms with van der Waals surface area (Å²) in [5.41, 5.74) is 0. The quantitative estimate of drug-likeness (QED) is 0.476. The molecule has 12 heavy (non-hydrogen) atoms. The van der Waals surface area contributed by atoms with E-state index in [2.05, 4.69) is 6.92 Å².